The molecule has 0 aliphatic carbocycles. The van der Waals surface area contributed by atoms with Crippen LogP contribution in [-0.4, -0.2) is 27.5 Å². The third kappa shape index (κ3) is 3.29. The van der Waals surface area contributed by atoms with Crippen molar-refractivity contribution in [2.45, 2.75) is 27.3 Å². The van der Waals surface area contributed by atoms with Crippen LogP contribution in [0.1, 0.15) is 28.4 Å². The molecule has 0 spiro atoms. The summed E-state index contributed by atoms with van der Waals surface area (Å²) in [6, 6.07) is 14.2. The lowest BCUT2D eigenvalue weighted by atomic mass is 9.96. The fourth-order valence-corrected chi connectivity index (χ4v) is 3.86. The minimum Gasteiger partial charge on any atom is -0.355 e. The van der Waals surface area contributed by atoms with E-state index in [9.17, 15) is 4.79 Å². The van der Waals surface area contributed by atoms with Crippen LogP contribution in [0.4, 0.5) is 0 Å². The van der Waals surface area contributed by atoms with Crippen molar-refractivity contribution in [1.82, 2.24) is 19.9 Å². The average Bonchev–Trinajstić information content (AvgIpc) is 3.10. The molecule has 1 N–H and O–H groups in total. The highest BCUT2D eigenvalue weighted by molar-refractivity contribution is 5.98. The van der Waals surface area contributed by atoms with Crippen LogP contribution < -0.4 is 5.32 Å². The Kier molecular flexibility index (Phi) is 4.89. The van der Waals surface area contributed by atoms with E-state index >= 15 is 0 Å². The van der Waals surface area contributed by atoms with E-state index in [1.54, 1.807) is 7.05 Å². The molecule has 5 heteroatoms. The number of hydrogen-bond acceptors (Lipinski definition) is 3. The average molecular weight is 384 g/mol. The molecule has 2 aromatic heterocycles. The Morgan fingerprint density at radius 3 is 2.59 bits per heavy atom. The Morgan fingerprint density at radius 2 is 1.86 bits per heavy atom. The highest BCUT2D eigenvalue weighted by Crippen LogP contribution is 2.35. The van der Waals surface area contributed by atoms with Gasteiger partial charge in [-0.15, -0.1) is 0 Å². The molecule has 0 aliphatic heterocycles. The van der Waals surface area contributed by atoms with Crippen LogP contribution >= 0.6 is 0 Å². The first kappa shape index (κ1) is 18.9. The Labute approximate surface area is 170 Å². The summed E-state index contributed by atoms with van der Waals surface area (Å²) in [5.41, 5.74) is 8.14. The lowest BCUT2D eigenvalue weighted by Crippen LogP contribution is -2.17. The SMILES string of the molecule is CCn1c(-c2cnccc2-c2ccc(C)cc2C)nc2cc(C(=O)NC)ccc21. The molecule has 0 unspecified atom stereocenters. The van der Waals surface area contributed by atoms with Gasteiger partial charge in [0, 0.05) is 37.1 Å². The first-order valence-electron chi connectivity index (χ1n) is 9.78. The van der Waals surface area contributed by atoms with E-state index in [0.717, 1.165) is 34.5 Å². The van der Waals surface area contributed by atoms with Crippen molar-refractivity contribution in [3.8, 4) is 22.5 Å². The number of aromatic nitrogens is 3. The summed E-state index contributed by atoms with van der Waals surface area (Å²) in [6.07, 6.45) is 3.70. The molecule has 1 amide bonds. The number of pyridine rings is 1. The molecule has 5 nitrogen and oxygen atoms in total. The van der Waals surface area contributed by atoms with Gasteiger partial charge in [-0.1, -0.05) is 23.8 Å². The molecule has 2 aromatic carbocycles. The van der Waals surface area contributed by atoms with Gasteiger partial charge in [-0.05, 0) is 61.7 Å². The molecule has 0 saturated heterocycles. The standard InChI is InChI=1S/C24H24N4O/c1-5-28-22-9-7-17(24(29)25-4)13-21(22)27-23(28)20-14-26-11-10-19(20)18-8-6-15(2)12-16(18)3/h6-14H,5H2,1-4H3,(H,25,29). The van der Waals surface area contributed by atoms with Crippen LogP contribution in [0.15, 0.2) is 54.9 Å². The molecule has 0 fully saturated rings. The fraction of sp³-hybridized carbons (Fsp3) is 0.208. The number of aryl methyl sites for hydroxylation is 3. The van der Waals surface area contributed by atoms with Gasteiger partial charge in [0.15, 0.2) is 0 Å². The van der Waals surface area contributed by atoms with Gasteiger partial charge >= 0.3 is 0 Å². The molecule has 4 rings (SSSR count). The summed E-state index contributed by atoms with van der Waals surface area (Å²) in [5, 5.41) is 2.67. The number of amides is 1. The van der Waals surface area contributed by atoms with E-state index in [-0.39, 0.29) is 5.91 Å². The maximum Gasteiger partial charge on any atom is 0.251 e. The van der Waals surface area contributed by atoms with Gasteiger partial charge in [-0.3, -0.25) is 9.78 Å². The molecule has 29 heavy (non-hydrogen) atoms. The number of benzene rings is 2. The number of fused-ring (bicyclic) bond motifs is 1. The largest absolute Gasteiger partial charge is 0.355 e. The zero-order valence-corrected chi connectivity index (χ0v) is 17.2. The minimum absolute atomic E-state index is 0.114. The van der Waals surface area contributed by atoms with Crippen molar-refractivity contribution in [3.63, 3.8) is 0 Å². The number of imidazole rings is 1. The number of nitrogens with one attached hydrogen (secondary N) is 1. The maximum absolute atomic E-state index is 12.0. The third-order valence-corrected chi connectivity index (χ3v) is 5.29. The second-order valence-electron chi connectivity index (χ2n) is 7.20. The monoisotopic (exact) mass is 384 g/mol. The number of rotatable bonds is 4. The molecule has 0 atom stereocenters. The van der Waals surface area contributed by atoms with Gasteiger partial charge in [0.05, 0.1) is 11.0 Å². The van der Waals surface area contributed by atoms with Gasteiger partial charge in [-0.2, -0.15) is 0 Å². The zero-order valence-electron chi connectivity index (χ0n) is 17.2. The number of nitrogens with zero attached hydrogens (tertiary/aromatic N) is 3. The quantitative estimate of drug-likeness (QED) is 0.552. The first-order chi connectivity index (χ1) is 14.0. The van der Waals surface area contributed by atoms with E-state index in [1.165, 1.54) is 16.7 Å². The van der Waals surface area contributed by atoms with E-state index < -0.39 is 0 Å². The highest BCUT2D eigenvalue weighted by Gasteiger charge is 2.18. The molecule has 4 aromatic rings. The van der Waals surface area contributed by atoms with E-state index in [1.807, 2.05) is 36.7 Å². The Hall–Kier alpha value is -3.47. The lowest BCUT2D eigenvalue weighted by Gasteiger charge is -2.13. The van der Waals surface area contributed by atoms with Crippen molar-refractivity contribution >= 4 is 16.9 Å². The van der Waals surface area contributed by atoms with Crippen LogP contribution in [0.2, 0.25) is 0 Å². The summed E-state index contributed by atoms with van der Waals surface area (Å²) >= 11 is 0. The van der Waals surface area contributed by atoms with Crippen LogP contribution in [-0.2, 0) is 6.54 Å². The lowest BCUT2D eigenvalue weighted by molar-refractivity contribution is 0.0963. The topological polar surface area (TPSA) is 59.8 Å². The van der Waals surface area contributed by atoms with Crippen LogP contribution in [0.5, 0.6) is 0 Å². The first-order valence-corrected chi connectivity index (χ1v) is 9.78. The normalized spacial score (nSPS) is 11.0. The molecular weight excluding hydrogens is 360 g/mol. The van der Waals surface area contributed by atoms with Gasteiger partial charge in [-0.25, -0.2) is 4.98 Å². The Bertz CT molecular complexity index is 1220. The van der Waals surface area contributed by atoms with Crippen molar-refractivity contribution in [2.75, 3.05) is 7.05 Å². The molecule has 146 valence electrons. The van der Waals surface area contributed by atoms with Crippen molar-refractivity contribution < 1.29 is 4.79 Å². The predicted octanol–water partition coefficient (Wildman–Crippen LogP) is 4.76. The summed E-state index contributed by atoms with van der Waals surface area (Å²) in [4.78, 5) is 21.3. The molecule has 0 bridgehead atoms. The third-order valence-electron chi connectivity index (χ3n) is 5.29. The summed E-state index contributed by atoms with van der Waals surface area (Å²) in [6.45, 7) is 7.10. The van der Waals surface area contributed by atoms with Gasteiger partial charge in [0.1, 0.15) is 5.82 Å². The zero-order chi connectivity index (χ0) is 20.5. The van der Waals surface area contributed by atoms with Crippen molar-refractivity contribution in [3.05, 3.63) is 71.5 Å². The molecule has 0 radical (unpaired) electrons. The fourth-order valence-electron chi connectivity index (χ4n) is 3.86. The van der Waals surface area contributed by atoms with Crippen molar-refractivity contribution in [2.24, 2.45) is 0 Å². The molecule has 0 aliphatic rings. The van der Waals surface area contributed by atoms with E-state index in [4.69, 9.17) is 4.98 Å². The number of hydrogen-bond donors (Lipinski definition) is 1. The second-order valence-corrected chi connectivity index (χ2v) is 7.20. The van der Waals surface area contributed by atoms with Crippen LogP contribution in [0.3, 0.4) is 0 Å². The minimum atomic E-state index is -0.114. The molecule has 2 heterocycles. The predicted molar refractivity (Wildman–Crippen MR) is 117 cm³/mol. The van der Waals surface area contributed by atoms with Gasteiger partial charge < -0.3 is 9.88 Å². The smallest absolute Gasteiger partial charge is 0.251 e. The van der Waals surface area contributed by atoms with Gasteiger partial charge in [0.25, 0.3) is 5.91 Å². The van der Waals surface area contributed by atoms with E-state index in [2.05, 4.69) is 53.8 Å². The summed E-state index contributed by atoms with van der Waals surface area (Å²) in [5.74, 6) is 0.747. The molecule has 0 saturated carbocycles. The van der Waals surface area contributed by atoms with Gasteiger partial charge in [0.2, 0.25) is 0 Å². The number of carbonyl (C=O) groups is 1. The van der Waals surface area contributed by atoms with E-state index in [0.29, 0.717) is 5.56 Å². The Morgan fingerprint density at radius 1 is 1.03 bits per heavy atom. The van der Waals surface area contributed by atoms with Crippen LogP contribution in [0.25, 0.3) is 33.5 Å². The highest BCUT2D eigenvalue weighted by atomic mass is 16.1. The second kappa shape index (κ2) is 7.51. The van der Waals surface area contributed by atoms with Crippen LogP contribution in [0, 0.1) is 13.8 Å². The molecular formula is C24H24N4O. The Balaban J connectivity index is 1.94. The van der Waals surface area contributed by atoms with Crippen molar-refractivity contribution in [1.29, 1.82) is 0 Å². The summed E-state index contributed by atoms with van der Waals surface area (Å²) < 4.78 is 2.17. The number of carbonyl (C=O) groups excluding carboxylic acids is 1. The maximum atomic E-state index is 12.0. The summed E-state index contributed by atoms with van der Waals surface area (Å²) in [7, 11) is 1.63.